The lowest BCUT2D eigenvalue weighted by Gasteiger charge is -2.09. The van der Waals surface area contributed by atoms with Gasteiger partial charge in [0.2, 0.25) is 5.91 Å². The second kappa shape index (κ2) is 6.65. The van der Waals surface area contributed by atoms with Crippen LogP contribution in [-0.2, 0) is 9.53 Å². The molecule has 0 aliphatic carbocycles. The summed E-state index contributed by atoms with van der Waals surface area (Å²) < 4.78 is 4.90. The molecule has 5 nitrogen and oxygen atoms in total. The van der Waals surface area contributed by atoms with Gasteiger partial charge in [0.15, 0.2) is 0 Å². The Labute approximate surface area is 99.9 Å². The third-order valence-electron chi connectivity index (χ3n) is 2.07. The molecule has 0 saturated heterocycles. The summed E-state index contributed by atoms with van der Waals surface area (Å²) in [6.07, 6.45) is 0.219. The molecule has 0 spiro atoms. The van der Waals surface area contributed by atoms with Crippen LogP contribution in [0.1, 0.15) is 23.7 Å². The Morgan fingerprint density at radius 2 is 2.06 bits per heavy atom. The van der Waals surface area contributed by atoms with E-state index >= 15 is 0 Å². The standard InChI is InChI=1S/C12H16N2O3/c1-2-17-12(16)9-5-3-4-6-10(9)14-11(15)7-8-13/h3-6H,2,7-8,13H2,1H3,(H,14,15). The van der Waals surface area contributed by atoms with Crippen molar-refractivity contribution in [1.82, 2.24) is 0 Å². The van der Waals surface area contributed by atoms with Crippen molar-refractivity contribution in [2.45, 2.75) is 13.3 Å². The maximum absolute atomic E-state index is 11.6. The van der Waals surface area contributed by atoms with Gasteiger partial charge in [-0.2, -0.15) is 0 Å². The highest BCUT2D eigenvalue weighted by Crippen LogP contribution is 2.16. The molecule has 0 aliphatic rings. The molecule has 0 aliphatic heterocycles. The molecule has 1 aromatic carbocycles. The molecule has 3 N–H and O–H groups in total. The second-order valence-corrected chi connectivity index (χ2v) is 3.35. The zero-order valence-electron chi connectivity index (χ0n) is 9.73. The topological polar surface area (TPSA) is 81.4 Å². The Morgan fingerprint density at radius 3 is 2.71 bits per heavy atom. The highest BCUT2D eigenvalue weighted by atomic mass is 16.5. The van der Waals surface area contributed by atoms with Crippen LogP contribution >= 0.6 is 0 Å². The number of anilines is 1. The number of nitrogens with one attached hydrogen (secondary N) is 1. The number of carbonyl (C=O) groups excluding carboxylic acids is 2. The maximum atomic E-state index is 11.6. The Hall–Kier alpha value is -1.88. The number of esters is 1. The van der Waals surface area contributed by atoms with Crippen LogP contribution in [0.25, 0.3) is 0 Å². The zero-order chi connectivity index (χ0) is 12.7. The zero-order valence-corrected chi connectivity index (χ0v) is 9.73. The summed E-state index contributed by atoms with van der Waals surface area (Å²) in [6, 6.07) is 6.71. The lowest BCUT2D eigenvalue weighted by Crippen LogP contribution is -2.18. The van der Waals surface area contributed by atoms with E-state index in [4.69, 9.17) is 10.5 Å². The first-order valence-electron chi connectivity index (χ1n) is 5.45. The van der Waals surface area contributed by atoms with Gasteiger partial charge in [-0.3, -0.25) is 4.79 Å². The first-order chi connectivity index (χ1) is 8.19. The predicted octanol–water partition coefficient (Wildman–Crippen LogP) is 1.15. The van der Waals surface area contributed by atoms with Gasteiger partial charge >= 0.3 is 5.97 Å². The molecule has 0 bridgehead atoms. The molecule has 0 atom stereocenters. The molecule has 5 heteroatoms. The average molecular weight is 236 g/mol. The molecule has 1 rings (SSSR count). The largest absolute Gasteiger partial charge is 0.462 e. The molecule has 0 heterocycles. The minimum absolute atomic E-state index is 0.218. The van der Waals surface area contributed by atoms with Crippen LogP contribution < -0.4 is 11.1 Å². The summed E-state index contributed by atoms with van der Waals surface area (Å²) in [5.74, 6) is -0.666. The third-order valence-corrected chi connectivity index (χ3v) is 2.07. The average Bonchev–Trinajstić information content (AvgIpc) is 2.30. The summed E-state index contributed by atoms with van der Waals surface area (Å²) in [5, 5.41) is 2.63. The van der Waals surface area contributed by atoms with Crippen molar-refractivity contribution >= 4 is 17.6 Å². The molecule has 0 unspecified atom stereocenters. The van der Waals surface area contributed by atoms with Crippen molar-refractivity contribution in [2.24, 2.45) is 5.73 Å². The molecular formula is C12H16N2O3. The Morgan fingerprint density at radius 1 is 1.35 bits per heavy atom. The molecule has 0 radical (unpaired) electrons. The molecule has 0 saturated carbocycles. The number of para-hydroxylation sites is 1. The van der Waals surface area contributed by atoms with E-state index < -0.39 is 5.97 Å². The number of rotatable bonds is 5. The van der Waals surface area contributed by atoms with Crippen LogP contribution in [0.5, 0.6) is 0 Å². The Balaban J connectivity index is 2.84. The molecule has 0 fully saturated rings. The predicted molar refractivity (Wildman–Crippen MR) is 64.7 cm³/mol. The number of hydrogen-bond acceptors (Lipinski definition) is 4. The molecule has 0 aromatic heterocycles. The van der Waals surface area contributed by atoms with Crippen molar-refractivity contribution < 1.29 is 14.3 Å². The van der Waals surface area contributed by atoms with E-state index in [9.17, 15) is 9.59 Å². The Kier molecular flexibility index (Phi) is 5.16. The molecular weight excluding hydrogens is 220 g/mol. The smallest absolute Gasteiger partial charge is 0.340 e. The maximum Gasteiger partial charge on any atom is 0.340 e. The van der Waals surface area contributed by atoms with E-state index in [0.29, 0.717) is 17.9 Å². The number of nitrogens with two attached hydrogens (primary N) is 1. The van der Waals surface area contributed by atoms with E-state index in [0.717, 1.165) is 0 Å². The fraction of sp³-hybridized carbons (Fsp3) is 0.333. The fourth-order valence-electron chi connectivity index (χ4n) is 1.32. The SMILES string of the molecule is CCOC(=O)c1ccccc1NC(=O)CCN. The summed E-state index contributed by atoms with van der Waals surface area (Å²) in [6.45, 7) is 2.30. The van der Waals surface area contributed by atoms with Gasteiger partial charge in [0, 0.05) is 13.0 Å². The first kappa shape index (κ1) is 13.2. The van der Waals surface area contributed by atoms with Gasteiger partial charge in [0.05, 0.1) is 17.9 Å². The monoisotopic (exact) mass is 236 g/mol. The highest BCUT2D eigenvalue weighted by molar-refractivity contribution is 6.01. The molecule has 17 heavy (non-hydrogen) atoms. The van der Waals surface area contributed by atoms with E-state index in [-0.39, 0.29) is 18.9 Å². The van der Waals surface area contributed by atoms with Crippen LogP contribution in [0.4, 0.5) is 5.69 Å². The van der Waals surface area contributed by atoms with Crippen molar-refractivity contribution in [3.05, 3.63) is 29.8 Å². The quantitative estimate of drug-likeness (QED) is 0.751. The van der Waals surface area contributed by atoms with Crippen LogP contribution in [0, 0.1) is 0 Å². The number of hydrogen-bond donors (Lipinski definition) is 2. The van der Waals surface area contributed by atoms with Crippen molar-refractivity contribution in [3.63, 3.8) is 0 Å². The van der Waals surface area contributed by atoms with Crippen LogP contribution in [0.15, 0.2) is 24.3 Å². The number of ether oxygens (including phenoxy) is 1. The summed E-state index contributed by atoms with van der Waals surface area (Å²) in [4.78, 5) is 23.0. The van der Waals surface area contributed by atoms with Gasteiger partial charge in [0.25, 0.3) is 0 Å². The van der Waals surface area contributed by atoms with Crippen molar-refractivity contribution in [1.29, 1.82) is 0 Å². The third kappa shape index (κ3) is 3.88. The molecule has 1 amide bonds. The van der Waals surface area contributed by atoms with E-state index in [1.54, 1.807) is 31.2 Å². The number of carbonyl (C=O) groups is 2. The van der Waals surface area contributed by atoms with Gasteiger partial charge in [-0.1, -0.05) is 12.1 Å². The lowest BCUT2D eigenvalue weighted by molar-refractivity contribution is -0.116. The number of benzene rings is 1. The van der Waals surface area contributed by atoms with Gasteiger partial charge in [-0.15, -0.1) is 0 Å². The van der Waals surface area contributed by atoms with E-state index in [1.807, 2.05) is 0 Å². The number of amides is 1. The normalized spacial score (nSPS) is 9.76. The fourth-order valence-corrected chi connectivity index (χ4v) is 1.32. The van der Waals surface area contributed by atoms with Crippen molar-refractivity contribution in [2.75, 3.05) is 18.5 Å². The molecule has 1 aromatic rings. The van der Waals surface area contributed by atoms with E-state index in [1.165, 1.54) is 0 Å². The molecule has 92 valence electrons. The second-order valence-electron chi connectivity index (χ2n) is 3.35. The lowest BCUT2D eigenvalue weighted by atomic mass is 10.1. The minimum Gasteiger partial charge on any atom is -0.462 e. The van der Waals surface area contributed by atoms with Crippen LogP contribution in [0.2, 0.25) is 0 Å². The summed E-state index contributed by atoms with van der Waals surface area (Å²) in [7, 11) is 0. The first-order valence-corrected chi connectivity index (χ1v) is 5.45. The van der Waals surface area contributed by atoms with Gasteiger partial charge in [-0.05, 0) is 19.1 Å². The summed E-state index contributed by atoms with van der Waals surface area (Å²) in [5.41, 5.74) is 6.07. The van der Waals surface area contributed by atoms with Gasteiger partial charge in [0.1, 0.15) is 0 Å². The van der Waals surface area contributed by atoms with Crippen LogP contribution in [-0.4, -0.2) is 25.0 Å². The van der Waals surface area contributed by atoms with Crippen molar-refractivity contribution in [3.8, 4) is 0 Å². The van der Waals surface area contributed by atoms with Crippen LogP contribution in [0.3, 0.4) is 0 Å². The minimum atomic E-state index is -0.448. The summed E-state index contributed by atoms with van der Waals surface area (Å²) >= 11 is 0. The highest BCUT2D eigenvalue weighted by Gasteiger charge is 2.13. The van der Waals surface area contributed by atoms with E-state index in [2.05, 4.69) is 5.32 Å². The Bertz CT molecular complexity index is 404. The van der Waals surface area contributed by atoms with Gasteiger partial charge in [-0.25, -0.2) is 4.79 Å². The van der Waals surface area contributed by atoms with Gasteiger partial charge < -0.3 is 15.8 Å².